The molecule has 3 nitrogen and oxygen atoms in total. The quantitative estimate of drug-likeness (QED) is 0.155. The molecule has 2 saturated carbocycles. The summed E-state index contributed by atoms with van der Waals surface area (Å²) >= 11 is 0. The molecule has 3 aliphatic rings. The third-order valence-electron chi connectivity index (χ3n) is 10.5. The molecule has 39 heavy (non-hydrogen) atoms. The highest BCUT2D eigenvalue weighted by Crippen LogP contribution is 2.40. The molecule has 1 saturated heterocycles. The van der Waals surface area contributed by atoms with Gasteiger partial charge in [0.05, 0.1) is 0 Å². The molecular weight excluding hydrogens is 476 g/mol. The van der Waals surface area contributed by atoms with E-state index >= 15 is 0 Å². The van der Waals surface area contributed by atoms with Crippen LogP contribution in [0.2, 0.25) is 0 Å². The number of amides is 1. The van der Waals surface area contributed by atoms with Crippen molar-refractivity contribution in [2.24, 2.45) is 0 Å². The first kappa shape index (κ1) is 32.9. The van der Waals surface area contributed by atoms with Crippen LogP contribution in [0.5, 0.6) is 0 Å². The monoisotopic (exact) mass is 545 g/mol. The summed E-state index contributed by atoms with van der Waals surface area (Å²) in [6.07, 6.45) is 40.7. The molecule has 3 fully saturated rings. The van der Waals surface area contributed by atoms with E-state index < -0.39 is 0 Å². The minimum atomic E-state index is 0.219. The molecule has 0 aromatic rings. The van der Waals surface area contributed by atoms with E-state index in [0.717, 1.165) is 25.9 Å². The normalized spacial score (nSPS) is 20.6. The number of carbonyl (C=O) groups excluding carboxylic acids is 1. The number of rotatable bonds is 20. The number of nitrogens with one attached hydrogen (secondary N) is 1. The van der Waals surface area contributed by atoms with Gasteiger partial charge in [0.2, 0.25) is 5.91 Å². The van der Waals surface area contributed by atoms with Crippen molar-refractivity contribution in [1.82, 2.24) is 10.2 Å². The predicted octanol–water partition coefficient (Wildman–Crippen LogP) is 10.6. The maximum absolute atomic E-state index is 13.3. The zero-order valence-corrected chi connectivity index (χ0v) is 26.5. The van der Waals surface area contributed by atoms with Crippen molar-refractivity contribution in [3.63, 3.8) is 0 Å². The van der Waals surface area contributed by atoms with E-state index in [2.05, 4.69) is 17.1 Å². The average Bonchev–Trinajstić information content (AvgIpc) is 2.94. The van der Waals surface area contributed by atoms with Crippen LogP contribution in [0, 0.1) is 0 Å². The van der Waals surface area contributed by atoms with Crippen LogP contribution in [0.15, 0.2) is 0 Å². The van der Waals surface area contributed by atoms with Crippen molar-refractivity contribution in [3.05, 3.63) is 0 Å². The minimum absolute atomic E-state index is 0.219. The minimum Gasteiger partial charge on any atom is -0.339 e. The van der Waals surface area contributed by atoms with Gasteiger partial charge in [0, 0.05) is 30.6 Å². The molecule has 0 radical (unpaired) electrons. The maximum atomic E-state index is 13.3. The summed E-state index contributed by atoms with van der Waals surface area (Å²) in [5.74, 6) is 0.457. The SMILES string of the molecule is CCCCCCCCCCCCCCCCCCCCCC(=O)N1CC2(CCCCC2)NC2(CCCCC2)C1. The second-order valence-electron chi connectivity index (χ2n) is 14.2. The molecule has 1 aliphatic heterocycles. The van der Waals surface area contributed by atoms with Crippen molar-refractivity contribution in [2.75, 3.05) is 13.1 Å². The molecule has 3 heteroatoms. The van der Waals surface area contributed by atoms with E-state index in [4.69, 9.17) is 0 Å². The van der Waals surface area contributed by atoms with Gasteiger partial charge in [0.1, 0.15) is 0 Å². The molecule has 3 rings (SSSR count). The predicted molar refractivity (Wildman–Crippen MR) is 169 cm³/mol. The van der Waals surface area contributed by atoms with E-state index in [0.29, 0.717) is 5.91 Å². The molecular formula is C36H68N2O. The number of hydrogen-bond acceptors (Lipinski definition) is 2. The van der Waals surface area contributed by atoms with Gasteiger partial charge >= 0.3 is 0 Å². The molecule has 2 aliphatic carbocycles. The van der Waals surface area contributed by atoms with Gasteiger partial charge in [-0.1, -0.05) is 161 Å². The Hall–Kier alpha value is -0.570. The van der Waals surface area contributed by atoms with Crippen LogP contribution >= 0.6 is 0 Å². The number of unbranched alkanes of at least 4 members (excludes halogenated alkanes) is 18. The molecule has 0 aromatic heterocycles. The van der Waals surface area contributed by atoms with Crippen LogP contribution < -0.4 is 5.32 Å². The lowest BCUT2D eigenvalue weighted by Crippen LogP contribution is -2.72. The van der Waals surface area contributed by atoms with Gasteiger partial charge in [-0.2, -0.15) is 0 Å². The highest BCUT2D eigenvalue weighted by Gasteiger charge is 2.48. The summed E-state index contributed by atoms with van der Waals surface area (Å²) in [5, 5.41) is 4.20. The average molecular weight is 545 g/mol. The lowest BCUT2D eigenvalue weighted by Gasteiger charge is -2.56. The Kier molecular flexibility index (Phi) is 16.5. The first-order valence-electron chi connectivity index (χ1n) is 18.2. The van der Waals surface area contributed by atoms with Crippen molar-refractivity contribution in [1.29, 1.82) is 0 Å². The molecule has 0 aromatic carbocycles. The summed E-state index contributed by atoms with van der Waals surface area (Å²) in [6.45, 7) is 4.26. The fourth-order valence-corrected chi connectivity index (χ4v) is 8.14. The van der Waals surface area contributed by atoms with E-state index in [9.17, 15) is 4.79 Å². The Morgan fingerprint density at radius 3 is 1.21 bits per heavy atom. The molecule has 1 heterocycles. The molecule has 0 bridgehead atoms. The van der Waals surface area contributed by atoms with Crippen LogP contribution in [0.3, 0.4) is 0 Å². The van der Waals surface area contributed by atoms with Crippen LogP contribution in [-0.2, 0) is 4.79 Å². The first-order chi connectivity index (χ1) is 19.2. The molecule has 1 N–H and O–H groups in total. The van der Waals surface area contributed by atoms with Gasteiger partial charge in [0.15, 0.2) is 0 Å². The summed E-state index contributed by atoms with van der Waals surface area (Å²) in [5.41, 5.74) is 0.439. The fraction of sp³-hybridized carbons (Fsp3) is 0.972. The standard InChI is InChI=1S/C36H68N2O/c1-2-3-4-5-6-7-8-9-10-11-12-13-14-15-16-17-18-19-22-27-34(39)38-32-35(28-23-20-24-29-35)37-36(33-38)30-25-21-26-31-36/h37H,2-33H2,1H3. The van der Waals surface area contributed by atoms with E-state index in [-0.39, 0.29) is 11.1 Å². The van der Waals surface area contributed by atoms with Crippen molar-refractivity contribution in [3.8, 4) is 0 Å². The smallest absolute Gasteiger partial charge is 0.222 e. The Morgan fingerprint density at radius 1 is 0.513 bits per heavy atom. The van der Waals surface area contributed by atoms with Gasteiger partial charge in [0.25, 0.3) is 0 Å². The molecule has 1 amide bonds. The first-order valence-corrected chi connectivity index (χ1v) is 18.2. The fourth-order valence-electron chi connectivity index (χ4n) is 8.14. The molecule has 0 atom stereocenters. The number of hydrogen-bond donors (Lipinski definition) is 1. The highest BCUT2D eigenvalue weighted by atomic mass is 16.2. The second-order valence-corrected chi connectivity index (χ2v) is 14.2. The molecule has 0 unspecified atom stereocenters. The highest BCUT2D eigenvalue weighted by molar-refractivity contribution is 5.76. The van der Waals surface area contributed by atoms with Gasteiger partial charge in [-0.25, -0.2) is 0 Å². The van der Waals surface area contributed by atoms with Crippen molar-refractivity contribution >= 4 is 5.91 Å². The topological polar surface area (TPSA) is 32.3 Å². The Labute approximate surface area is 244 Å². The number of nitrogens with zero attached hydrogens (tertiary/aromatic N) is 1. The van der Waals surface area contributed by atoms with Gasteiger partial charge in [-0.15, -0.1) is 0 Å². The lowest BCUT2D eigenvalue weighted by molar-refractivity contribution is -0.137. The third-order valence-corrected chi connectivity index (χ3v) is 10.5. The molecule has 228 valence electrons. The lowest BCUT2D eigenvalue weighted by atomic mass is 9.72. The Morgan fingerprint density at radius 2 is 0.846 bits per heavy atom. The number of piperazine rings is 1. The summed E-state index contributed by atoms with van der Waals surface area (Å²) < 4.78 is 0. The zero-order valence-electron chi connectivity index (χ0n) is 26.5. The zero-order chi connectivity index (χ0) is 27.5. The summed E-state index contributed by atoms with van der Waals surface area (Å²) in [7, 11) is 0. The summed E-state index contributed by atoms with van der Waals surface area (Å²) in [6, 6.07) is 0. The molecule has 2 spiro atoms. The van der Waals surface area contributed by atoms with Gasteiger partial charge < -0.3 is 10.2 Å². The van der Waals surface area contributed by atoms with Crippen molar-refractivity contribution in [2.45, 2.75) is 211 Å². The van der Waals surface area contributed by atoms with E-state index in [1.807, 2.05) is 0 Å². The van der Waals surface area contributed by atoms with Crippen molar-refractivity contribution < 1.29 is 4.79 Å². The van der Waals surface area contributed by atoms with Gasteiger partial charge in [-0.05, 0) is 32.1 Å². The van der Waals surface area contributed by atoms with Crippen LogP contribution in [-0.4, -0.2) is 35.0 Å². The van der Waals surface area contributed by atoms with E-state index in [1.165, 1.54) is 180 Å². The van der Waals surface area contributed by atoms with Crippen LogP contribution in [0.25, 0.3) is 0 Å². The number of carbonyl (C=O) groups is 1. The van der Waals surface area contributed by atoms with Crippen LogP contribution in [0.4, 0.5) is 0 Å². The van der Waals surface area contributed by atoms with Gasteiger partial charge in [-0.3, -0.25) is 4.79 Å². The Balaban J connectivity index is 1.15. The maximum Gasteiger partial charge on any atom is 0.222 e. The largest absolute Gasteiger partial charge is 0.339 e. The third kappa shape index (κ3) is 12.9. The Bertz CT molecular complexity index is 594. The van der Waals surface area contributed by atoms with Crippen LogP contribution in [0.1, 0.15) is 200 Å². The van der Waals surface area contributed by atoms with E-state index in [1.54, 1.807) is 0 Å². The summed E-state index contributed by atoms with van der Waals surface area (Å²) in [4.78, 5) is 15.7. The second kappa shape index (κ2) is 19.5.